The fourth-order valence-electron chi connectivity index (χ4n) is 6.34. The minimum Gasteiger partial charge on any atom is -0.0654 e. The van der Waals surface area contributed by atoms with Crippen molar-refractivity contribution in [3.8, 4) is 0 Å². The van der Waals surface area contributed by atoms with Crippen molar-refractivity contribution in [3.63, 3.8) is 0 Å². The van der Waals surface area contributed by atoms with Gasteiger partial charge in [0.2, 0.25) is 0 Å². The van der Waals surface area contributed by atoms with E-state index in [0.29, 0.717) is 0 Å². The van der Waals surface area contributed by atoms with Crippen molar-refractivity contribution < 1.29 is 0 Å². The third-order valence-corrected chi connectivity index (χ3v) is 7.54. The van der Waals surface area contributed by atoms with Crippen LogP contribution < -0.4 is 0 Å². The second kappa shape index (κ2) is 8.74. The molecule has 3 aliphatic rings. The predicted molar refractivity (Wildman–Crippen MR) is 97.0 cm³/mol. The minimum absolute atomic E-state index is 1.10. The number of fused-ring (bicyclic) bond motifs is 3. The zero-order chi connectivity index (χ0) is 15.2. The summed E-state index contributed by atoms with van der Waals surface area (Å²) in [5.41, 5.74) is 0. The Kier molecular flexibility index (Phi) is 6.69. The van der Waals surface area contributed by atoms with Gasteiger partial charge in [-0.3, -0.25) is 0 Å². The zero-order valence-electron chi connectivity index (χ0n) is 15.2. The quantitative estimate of drug-likeness (QED) is 0.431. The van der Waals surface area contributed by atoms with Gasteiger partial charge in [-0.1, -0.05) is 77.6 Å². The van der Waals surface area contributed by atoms with Gasteiger partial charge >= 0.3 is 0 Å². The molecule has 128 valence electrons. The number of hydrogen-bond donors (Lipinski definition) is 0. The highest BCUT2D eigenvalue weighted by Gasteiger charge is 2.42. The summed E-state index contributed by atoms with van der Waals surface area (Å²) in [5, 5.41) is 0. The number of hydrogen-bond acceptors (Lipinski definition) is 0. The topological polar surface area (TPSA) is 0 Å². The van der Waals surface area contributed by atoms with Crippen molar-refractivity contribution in [1.82, 2.24) is 0 Å². The minimum atomic E-state index is 1.10. The highest BCUT2D eigenvalue weighted by molar-refractivity contribution is 4.92. The Morgan fingerprint density at radius 1 is 0.636 bits per heavy atom. The predicted octanol–water partition coefficient (Wildman–Crippen LogP) is 7.37. The molecular formula is C22H40. The molecule has 3 rings (SSSR count). The summed E-state index contributed by atoms with van der Waals surface area (Å²) >= 11 is 0. The van der Waals surface area contributed by atoms with Crippen molar-refractivity contribution in [2.75, 3.05) is 0 Å². The summed E-state index contributed by atoms with van der Waals surface area (Å²) in [5.74, 6) is 5.69. The molecule has 0 aromatic rings. The van der Waals surface area contributed by atoms with Gasteiger partial charge in [-0.25, -0.2) is 0 Å². The largest absolute Gasteiger partial charge is 0.0654 e. The van der Waals surface area contributed by atoms with Gasteiger partial charge in [-0.2, -0.15) is 0 Å². The Hall–Kier alpha value is 0. The van der Waals surface area contributed by atoms with Crippen LogP contribution in [0.25, 0.3) is 0 Å². The first-order chi connectivity index (χ1) is 10.9. The van der Waals surface area contributed by atoms with Gasteiger partial charge in [0.05, 0.1) is 0 Å². The molecule has 3 fully saturated rings. The van der Waals surface area contributed by atoms with Gasteiger partial charge in [-0.15, -0.1) is 0 Å². The summed E-state index contributed by atoms with van der Waals surface area (Å²) < 4.78 is 0. The highest BCUT2D eigenvalue weighted by Crippen LogP contribution is 2.52. The maximum absolute atomic E-state index is 2.32. The first kappa shape index (κ1) is 16.8. The molecule has 22 heavy (non-hydrogen) atoms. The van der Waals surface area contributed by atoms with Crippen LogP contribution in [-0.4, -0.2) is 0 Å². The van der Waals surface area contributed by atoms with Crippen molar-refractivity contribution in [2.45, 2.75) is 110 Å². The molecule has 0 aromatic carbocycles. The van der Waals surface area contributed by atoms with Crippen molar-refractivity contribution in [1.29, 1.82) is 0 Å². The van der Waals surface area contributed by atoms with E-state index in [0.717, 1.165) is 29.6 Å². The molecule has 0 nitrogen and oxygen atoms in total. The highest BCUT2D eigenvalue weighted by atomic mass is 14.5. The Balaban J connectivity index is 1.37. The van der Waals surface area contributed by atoms with Gasteiger partial charge < -0.3 is 0 Å². The van der Waals surface area contributed by atoms with Crippen LogP contribution in [0, 0.1) is 29.6 Å². The molecule has 0 bridgehead atoms. The third kappa shape index (κ3) is 4.30. The average molecular weight is 305 g/mol. The van der Waals surface area contributed by atoms with E-state index in [2.05, 4.69) is 6.92 Å². The maximum atomic E-state index is 2.32. The van der Waals surface area contributed by atoms with Gasteiger partial charge in [-0.05, 0) is 61.7 Å². The van der Waals surface area contributed by atoms with E-state index < -0.39 is 0 Å². The summed E-state index contributed by atoms with van der Waals surface area (Å²) in [7, 11) is 0. The maximum Gasteiger partial charge on any atom is -0.0355 e. The van der Waals surface area contributed by atoms with Crippen LogP contribution in [0.4, 0.5) is 0 Å². The molecule has 5 atom stereocenters. The van der Waals surface area contributed by atoms with Crippen LogP contribution in [0.3, 0.4) is 0 Å². The van der Waals surface area contributed by atoms with Crippen molar-refractivity contribution >= 4 is 0 Å². The van der Waals surface area contributed by atoms with Gasteiger partial charge in [0.25, 0.3) is 0 Å². The Bertz CT molecular complexity index is 307. The lowest BCUT2D eigenvalue weighted by atomic mass is 9.56. The van der Waals surface area contributed by atoms with E-state index >= 15 is 0 Å². The van der Waals surface area contributed by atoms with Crippen molar-refractivity contribution in [2.24, 2.45) is 29.6 Å². The lowest BCUT2D eigenvalue weighted by Gasteiger charge is -2.49. The van der Waals surface area contributed by atoms with Crippen LogP contribution in [0.5, 0.6) is 0 Å². The van der Waals surface area contributed by atoms with E-state index in [1.807, 2.05) is 0 Å². The fraction of sp³-hybridized carbons (Fsp3) is 1.00. The second-order valence-electron chi connectivity index (χ2n) is 8.95. The Labute approximate surface area is 139 Å². The number of unbranched alkanes of at least 4 members (excludes halogenated alkanes) is 5. The number of rotatable bonds is 7. The first-order valence-corrected chi connectivity index (χ1v) is 10.9. The van der Waals surface area contributed by atoms with Crippen molar-refractivity contribution in [3.05, 3.63) is 0 Å². The summed E-state index contributed by atoms with van der Waals surface area (Å²) in [6.45, 7) is 2.32. The molecule has 0 amide bonds. The van der Waals surface area contributed by atoms with Gasteiger partial charge in [0.1, 0.15) is 0 Å². The van der Waals surface area contributed by atoms with E-state index in [4.69, 9.17) is 0 Å². The molecule has 0 heterocycles. The molecule has 3 saturated carbocycles. The molecular weight excluding hydrogens is 264 g/mol. The SMILES string of the molecule is CCCCCCCC[C@H]1CCC2C(CCC3CCCCC32)C1. The normalized spacial score (nSPS) is 38.3. The molecule has 3 aliphatic carbocycles. The van der Waals surface area contributed by atoms with E-state index in [-0.39, 0.29) is 0 Å². The molecule has 0 heteroatoms. The molecule has 0 radical (unpaired) electrons. The molecule has 0 spiro atoms. The Morgan fingerprint density at radius 2 is 1.36 bits per heavy atom. The van der Waals surface area contributed by atoms with Crippen LogP contribution in [0.1, 0.15) is 110 Å². The lowest BCUT2D eigenvalue weighted by Crippen LogP contribution is -2.40. The standard InChI is InChI=1S/C22H40/c1-2-3-4-5-6-7-10-18-13-16-22-20(17-18)15-14-19-11-8-9-12-21(19)22/h18-22H,2-17H2,1H3/t18-,19?,20?,21?,22?/m0/s1. The van der Waals surface area contributed by atoms with Crippen LogP contribution >= 0.6 is 0 Å². The first-order valence-electron chi connectivity index (χ1n) is 10.9. The summed E-state index contributed by atoms with van der Waals surface area (Å²) in [6, 6.07) is 0. The monoisotopic (exact) mass is 304 g/mol. The molecule has 0 N–H and O–H groups in total. The average Bonchev–Trinajstić information content (AvgIpc) is 2.57. The van der Waals surface area contributed by atoms with Crippen LogP contribution in [0.15, 0.2) is 0 Å². The summed E-state index contributed by atoms with van der Waals surface area (Å²) in [4.78, 5) is 0. The third-order valence-electron chi connectivity index (χ3n) is 7.54. The fourth-order valence-corrected chi connectivity index (χ4v) is 6.34. The smallest absolute Gasteiger partial charge is 0.0355 e. The Morgan fingerprint density at radius 3 is 2.27 bits per heavy atom. The van der Waals surface area contributed by atoms with E-state index in [9.17, 15) is 0 Å². The van der Waals surface area contributed by atoms with Crippen LogP contribution in [-0.2, 0) is 0 Å². The molecule has 4 unspecified atom stereocenters. The van der Waals surface area contributed by atoms with Gasteiger partial charge in [0.15, 0.2) is 0 Å². The molecule has 0 saturated heterocycles. The summed E-state index contributed by atoms with van der Waals surface area (Å²) in [6.07, 6.45) is 24.7. The van der Waals surface area contributed by atoms with Crippen LogP contribution in [0.2, 0.25) is 0 Å². The van der Waals surface area contributed by atoms with E-state index in [1.54, 1.807) is 64.2 Å². The second-order valence-corrected chi connectivity index (χ2v) is 8.95. The molecule has 0 aromatic heterocycles. The lowest BCUT2D eigenvalue weighted by molar-refractivity contribution is 0.0101. The molecule has 0 aliphatic heterocycles. The van der Waals surface area contributed by atoms with Gasteiger partial charge in [0, 0.05) is 0 Å². The zero-order valence-corrected chi connectivity index (χ0v) is 15.2. The van der Waals surface area contributed by atoms with E-state index in [1.165, 1.54) is 38.5 Å².